The van der Waals surface area contributed by atoms with E-state index in [0.29, 0.717) is 12.8 Å². The number of hydrogen-bond acceptors (Lipinski definition) is 5. The molecule has 10 nitrogen and oxygen atoms in total. The smallest absolute Gasteiger partial charge is 0.263 e. The van der Waals surface area contributed by atoms with Crippen LogP contribution in [0.5, 0.6) is 0 Å². The molecule has 156 valence electrons. The second kappa shape index (κ2) is 10.7. The molecule has 15 heteroatoms. The van der Waals surface area contributed by atoms with Gasteiger partial charge in [0, 0.05) is 20.1 Å². The first-order valence-corrected chi connectivity index (χ1v) is 13.2. The van der Waals surface area contributed by atoms with Crippen LogP contribution in [0.15, 0.2) is 7.54 Å². The third-order valence-corrected chi connectivity index (χ3v) is 8.61. The van der Waals surface area contributed by atoms with Crippen molar-refractivity contribution in [1.29, 1.82) is 0 Å². The van der Waals surface area contributed by atoms with Gasteiger partial charge in [-0.2, -0.15) is 8.51 Å². The highest BCUT2D eigenvalue weighted by atomic mass is 32.3. The zero-order valence-electron chi connectivity index (χ0n) is 14.5. The van der Waals surface area contributed by atoms with Crippen LogP contribution >= 0.6 is 0 Å². The molecule has 0 aliphatic carbocycles. The van der Waals surface area contributed by atoms with Crippen molar-refractivity contribution < 1.29 is 24.9 Å². The lowest BCUT2D eigenvalue weighted by Crippen LogP contribution is -2.33. The van der Waals surface area contributed by atoms with Crippen LogP contribution in [-0.4, -0.2) is 75.2 Å². The molecule has 25 heavy (non-hydrogen) atoms. The van der Waals surface area contributed by atoms with E-state index in [4.69, 9.17) is 5.14 Å². The third-order valence-electron chi connectivity index (χ3n) is 2.31. The average Bonchev–Trinajstić information content (AvgIpc) is 2.31. The van der Waals surface area contributed by atoms with Gasteiger partial charge in [-0.05, 0) is 22.7 Å². The normalized spacial score (nSPS) is 16.7. The summed E-state index contributed by atoms with van der Waals surface area (Å²) >= 11 is 0. The van der Waals surface area contributed by atoms with Gasteiger partial charge in [-0.15, -0.1) is 7.65 Å². The molecule has 0 saturated heterocycles. The van der Waals surface area contributed by atoms with Crippen molar-refractivity contribution in [2.45, 2.75) is 21.3 Å². The Morgan fingerprint density at radius 3 is 1.48 bits per heavy atom. The predicted molar refractivity (Wildman–Crippen MR) is 106 cm³/mol. The Bertz CT molecular complexity index is 780. The molecule has 0 spiro atoms. The van der Waals surface area contributed by atoms with Crippen LogP contribution in [0.25, 0.3) is 0 Å². The van der Waals surface area contributed by atoms with Gasteiger partial charge in [0.1, 0.15) is 0 Å². The molecular weight excluding hydrogens is 417 g/mol. The number of hydrogen-bond donors (Lipinski definition) is 1. The first kappa shape index (κ1) is 29.4. The lowest BCUT2D eigenvalue weighted by Gasteiger charge is -2.19. The molecule has 2 unspecified atom stereocenters. The number of halogens is 1. The van der Waals surface area contributed by atoms with Crippen LogP contribution in [0, 0.1) is 0 Å². The van der Waals surface area contributed by atoms with Gasteiger partial charge in [0.25, 0.3) is 30.3 Å². The summed E-state index contributed by atoms with van der Waals surface area (Å²) in [4.78, 5) is 0. The van der Waals surface area contributed by atoms with Crippen LogP contribution < -0.4 is 5.14 Å². The number of rotatable bonds is 6. The summed E-state index contributed by atoms with van der Waals surface area (Å²) in [7, 11) is -10.9. The molecule has 0 aromatic carbocycles. The van der Waals surface area contributed by atoms with E-state index in [1.807, 2.05) is 6.92 Å². The van der Waals surface area contributed by atoms with Gasteiger partial charge in [-0.3, -0.25) is 5.14 Å². The molecule has 0 aliphatic heterocycles. The van der Waals surface area contributed by atoms with Crippen molar-refractivity contribution in [3.63, 3.8) is 0 Å². The van der Waals surface area contributed by atoms with Gasteiger partial charge in [-0.1, -0.05) is 25.0 Å². The fourth-order valence-electron chi connectivity index (χ4n) is 0.898. The van der Waals surface area contributed by atoms with E-state index in [0.717, 1.165) is 10.6 Å². The van der Waals surface area contributed by atoms with Gasteiger partial charge >= 0.3 is 0 Å². The zero-order chi connectivity index (χ0) is 20.0. The third kappa shape index (κ3) is 14.5. The highest BCUT2D eigenvalue weighted by molar-refractivity contribution is 8.05. The monoisotopic (exact) mass is 447 g/mol. The molecule has 2 atom stereocenters. The fourth-order valence-corrected chi connectivity index (χ4v) is 5.79. The van der Waals surface area contributed by atoms with E-state index in [2.05, 4.69) is 13.4 Å². The molecule has 2 N–H and O–H groups in total. The molecule has 0 saturated carbocycles. The van der Waals surface area contributed by atoms with Crippen LogP contribution in [0.3, 0.4) is 0 Å². The van der Waals surface area contributed by atoms with E-state index in [9.17, 15) is 24.9 Å². The summed E-state index contributed by atoms with van der Waals surface area (Å²) in [6.45, 7) is 4.14. The predicted octanol–water partition coefficient (Wildman–Crippen LogP) is 0.257. The maximum absolute atomic E-state index is 12.9. The second-order valence-corrected chi connectivity index (χ2v) is 12.3. The van der Waals surface area contributed by atoms with Crippen LogP contribution in [0.4, 0.5) is 3.89 Å². The van der Waals surface area contributed by atoms with E-state index in [1.54, 1.807) is 11.4 Å². The highest BCUT2D eigenvalue weighted by Gasteiger charge is 2.15. The Morgan fingerprint density at radius 1 is 0.920 bits per heavy atom. The van der Waals surface area contributed by atoms with E-state index in [-0.39, 0.29) is 14.0 Å². The van der Waals surface area contributed by atoms with Gasteiger partial charge in [0.2, 0.25) is 0 Å². The Balaban J connectivity index is -0.000000372. The summed E-state index contributed by atoms with van der Waals surface area (Å²) in [5.41, 5.74) is 0. The number of sulfonamides is 2. The van der Waals surface area contributed by atoms with Crippen molar-refractivity contribution in [3.05, 3.63) is 0 Å². The quantitative estimate of drug-likeness (QED) is 0.454. The molecule has 0 bridgehead atoms. The average molecular weight is 448 g/mol. The van der Waals surface area contributed by atoms with Crippen molar-refractivity contribution in [2.24, 2.45) is 12.7 Å². The Kier molecular flexibility index (Phi) is 12.6. The number of nitrogens with zero attached hydrogens (tertiary/aromatic N) is 4. The molecule has 0 fully saturated rings. The highest BCUT2D eigenvalue weighted by Crippen LogP contribution is 2.06. The summed E-state index contributed by atoms with van der Waals surface area (Å²) in [6, 6.07) is 0. The molecular formula is C10H30FN5O5S4. The zero-order valence-corrected chi connectivity index (χ0v) is 17.8. The molecule has 0 aliphatic rings. The molecule has 0 amide bonds. The lowest BCUT2D eigenvalue weighted by molar-refractivity contribution is 0.502. The van der Waals surface area contributed by atoms with Gasteiger partial charge in [0.05, 0.1) is 12.5 Å². The molecule has 0 rings (SSSR count). The minimum Gasteiger partial charge on any atom is -0.263 e. The first-order chi connectivity index (χ1) is 10.4. The van der Waals surface area contributed by atoms with Gasteiger partial charge < -0.3 is 0 Å². The summed E-state index contributed by atoms with van der Waals surface area (Å²) in [5, 5.41) is 5.61. The number of nitrogens with two attached hydrogens (primary N) is 1. The van der Waals surface area contributed by atoms with Crippen molar-refractivity contribution in [2.75, 3.05) is 39.7 Å². The van der Waals surface area contributed by atoms with E-state index in [1.165, 1.54) is 14.0 Å². The topological polar surface area (TPSA) is 143 Å². The van der Waals surface area contributed by atoms with Crippen molar-refractivity contribution in [1.82, 2.24) is 8.61 Å². The summed E-state index contributed by atoms with van der Waals surface area (Å²) in [5.74, 6) is 3.57. The first-order valence-electron chi connectivity index (χ1n) is 6.37. The second-order valence-electron chi connectivity index (χ2n) is 4.65. The molecule has 0 aromatic heterocycles. The molecule has 0 aromatic rings. The van der Waals surface area contributed by atoms with E-state index >= 15 is 0 Å². The van der Waals surface area contributed by atoms with Crippen molar-refractivity contribution >= 4 is 46.0 Å². The SMILES string of the molecule is C.C=S(N)(=NS(C)(=O)=O)N(C)CC.CCN(C)S(=O)(F)=NS(C)(=O)=O. The van der Waals surface area contributed by atoms with Gasteiger partial charge in [-0.25, -0.2) is 21.1 Å². The van der Waals surface area contributed by atoms with Crippen LogP contribution in [-0.2, 0) is 40.1 Å². The summed E-state index contributed by atoms with van der Waals surface area (Å²) < 4.78 is 74.6. The van der Waals surface area contributed by atoms with E-state index < -0.39 is 40.1 Å². The molecule has 0 heterocycles. The van der Waals surface area contributed by atoms with Crippen LogP contribution in [0.2, 0.25) is 0 Å². The Hall–Kier alpha value is -0.320. The summed E-state index contributed by atoms with van der Waals surface area (Å²) in [6.07, 6.45) is 1.70. The van der Waals surface area contributed by atoms with Gasteiger partial charge in [0.15, 0.2) is 0 Å². The standard InChI is InChI=1S/C5H15N3O2S2.C4H11FN2O3S2.CH4/c1-5-8(2)11(3,6)7-12(4,9)10;1-4-7(2)12(5,10)6-11(3,8)9;/h3,5H2,1-2,4H3,(H2,6,7);4H2,1-3H3;1H4. The Morgan fingerprint density at radius 2 is 1.24 bits per heavy atom. The minimum atomic E-state index is -4.25. The maximum Gasteiger partial charge on any atom is 0.285 e. The largest absolute Gasteiger partial charge is 0.285 e. The Labute approximate surface area is 153 Å². The molecule has 0 radical (unpaired) electrons. The van der Waals surface area contributed by atoms with Crippen LogP contribution in [0.1, 0.15) is 21.3 Å². The minimum absolute atomic E-state index is 0. The maximum atomic E-state index is 12.9. The van der Waals surface area contributed by atoms with Crippen molar-refractivity contribution in [3.8, 4) is 0 Å². The fraction of sp³-hybridized carbons (Fsp3) is 0.900. The lowest BCUT2D eigenvalue weighted by atomic mass is 10.8.